The quantitative estimate of drug-likeness (QED) is 0.764. The normalized spacial score (nSPS) is 11.3. The molecule has 0 radical (unpaired) electrons. The average molecular weight is 319 g/mol. The molecule has 0 amide bonds. The van der Waals surface area contributed by atoms with Crippen molar-refractivity contribution in [2.45, 2.75) is 4.90 Å². The van der Waals surface area contributed by atoms with Crippen molar-refractivity contribution in [2.24, 2.45) is 0 Å². The van der Waals surface area contributed by atoms with Crippen molar-refractivity contribution < 1.29 is 12.8 Å². The highest BCUT2D eigenvalue weighted by molar-refractivity contribution is 7.92. The Morgan fingerprint density at radius 2 is 1.86 bits per heavy atom. The van der Waals surface area contributed by atoms with Crippen LogP contribution in [0.4, 0.5) is 10.1 Å². The fourth-order valence-corrected chi connectivity index (χ4v) is 2.88. The Kier molecular flexibility index (Phi) is 3.55. The van der Waals surface area contributed by atoms with Crippen LogP contribution in [0.15, 0.2) is 53.4 Å². The number of halogens is 1. The molecule has 0 saturated heterocycles. The molecular formula is C13H10FN5O2S. The Hall–Kier alpha value is -2.81. The van der Waals surface area contributed by atoms with Gasteiger partial charge in [0.1, 0.15) is 5.82 Å². The van der Waals surface area contributed by atoms with Crippen LogP contribution in [0.2, 0.25) is 0 Å². The zero-order valence-electron chi connectivity index (χ0n) is 11.1. The fourth-order valence-electron chi connectivity index (χ4n) is 1.83. The molecule has 0 aliphatic heterocycles. The van der Waals surface area contributed by atoms with Gasteiger partial charge in [-0.2, -0.15) is 5.21 Å². The Labute approximate surface area is 125 Å². The summed E-state index contributed by atoms with van der Waals surface area (Å²) in [7, 11) is -3.80. The molecule has 3 rings (SSSR count). The standard InChI is InChI=1S/C13H10FN5O2S/c14-10-4-6-12(7-5-10)22(20,21)17-11-3-1-2-9(8-11)13-15-18-19-16-13/h1-8,17H,(H,15,16,18,19). The molecule has 2 N–H and O–H groups in total. The number of tetrazole rings is 1. The maximum atomic E-state index is 12.9. The topological polar surface area (TPSA) is 101 Å². The first kappa shape index (κ1) is 14.1. The largest absolute Gasteiger partial charge is 0.280 e. The molecule has 0 bridgehead atoms. The fraction of sp³-hybridized carbons (Fsp3) is 0. The van der Waals surface area contributed by atoms with Crippen molar-refractivity contribution in [3.05, 3.63) is 54.3 Å². The van der Waals surface area contributed by atoms with Crippen molar-refractivity contribution in [1.82, 2.24) is 20.6 Å². The average Bonchev–Trinajstić information content (AvgIpc) is 3.02. The number of aromatic amines is 1. The Balaban J connectivity index is 1.89. The number of aromatic nitrogens is 4. The molecule has 0 atom stereocenters. The van der Waals surface area contributed by atoms with E-state index in [1.54, 1.807) is 24.3 Å². The zero-order chi connectivity index (χ0) is 15.6. The molecular weight excluding hydrogens is 309 g/mol. The minimum Gasteiger partial charge on any atom is -0.280 e. The van der Waals surface area contributed by atoms with Crippen LogP contribution < -0.4 is 4.72 Å². The van der Waals surface area contributed by atoms with E-state index in [4.69, 9.17) is 0 Å². The first-order valence-corrected chi connectivity index (χ1v) is 7.65. The third-order valence-corrected chi connectivity index (χ3v) is 4.24. The van der Waals surface area contributed by atoms with Crippen molar-refractivity contribution in [2.75, 3.05) is 4.72 Å². The summed E-state index contributed by atoms with van der Waals surface area (Å²) in [5.74, 6) is -0.152. The molecule has 7 nitrogen and oxygen atoms in total. The molecule has 0 fully saturated rings. The molecule has 0 unspecified atom stereocenters. The van der Waals surface area contributed by atoms with Crippen LogP contribution >= 0.6 is 0 Å². The number of hydrogen-bond acceptors (Lipinski definition) is 5. The predicted molar refractivity (Wildman–Crippen MR) is 76.8 cm³/mol. The number of rotatable bonds is 4. The predicted octanol–water partition coefficient (Wildman–Crippen LogP) is 1.81. The van der Waals surface area contributed by atoms with Crippen LogP contribution in [-0.2, 0) is 10.0 Å². The van der Waals surface area contributed by atoms with Crippen molar-refractivity contribution in [3.8, 4) is 11.4 Å². The van der Waals surface area contributed by atoms with Gasteiger partial charge in [0.15, 0.2) is 0 Å². The van der Waals surface area contributed by atoms with E-state index in [9.17, 15) is 12.8 Å². The number of H-pyrrole nitrogens is 1. The van der Waals surface area contributed by atoms with Crippen LogP contribution in [0, 0.1) is 5.82 Å². The van der Waals surface area contributed by atoms with E-state index in [1.165, 1.54) is 12.1 Å². The smallest absolute Gasteiger partial charge is 0.261 e. The molecule has 22 heavy (non-hydrogen) atoms. The molecule has 0 saturated carbocycles. The Bertz CT molecular complexity index is 879. The van der Waals surface area contributed by atoms with Crippen LogP contribution in [0.5, 0.6) is 0 Å². The lowest BCUT2D eigenvalue weighted by atomic mass is 10.2. The van der Waals surface area contributed by atoms with E-state index in [0.29, 0.717) is 17.1 Å². The molecule has 1 heterocycles. The lowest BCUT2D eigenvalue weighted by Crippen LogP contribution is -2.12. The van der Waals surface area contributed by atoms with Crippen molar-refractivity contribution in [1.29, 1.82) is 0 Å². The van der Waals surface area contributed by atoms with Gasteiger partial charge in [0.25, 0.3) is 10.0 Å². The Morgan fingerprint density at radius 3 is 2.55 bits per heavy atom. The maximum absolute atomic E-state index is 12.9. The lowest BCUT2D eigenvalue weighted by molar-refractivity contribution is 0.599. The molecule has 0 aliphatic rings. The number of hydrogen-bond donors (Lipinski definition) is 2. The van der Waals surface area contributed by atoms with Gasteiger partial charge >= 0.3 is 0 Å². The number of benzene rings is 2. The van der Waals surface area contributed by atoms with E-state index < -0.39 is 15.8 Å². The van der Waals surface area contributed by atoms with Crippen LogP contribution in [0.3, 0.4) is 0 Å². The Morgan fingerprint density at radius 1 is 1.09 bits per heavy atom. The minimum absolute atomic E-state index is 0.0288. The maximum Gasteiger partial charge on any atom is 0.261 e. The van der Waals surface area contributed by atoms with E-state index in [2.05, 4.69) is 25.3 Å². The van der Waals surface area contributed by atoms with Crippen molar-refractivity contribution >= 4 is 15.7 Å². The van der Waals surface area contributed by atoms with Crippen LogP contribution in [0.1, 0.15) is 0 Å². The molecule has 1 aromatic heterocycles. The number of sulfonamides is 1. The third-order valence-electron chi connectivity index (χ3n) is 2.84. The van der Waals surface area contributed by atoms with Gasteiger partial charge in [0.05, 0.1) is 4.90 Å². The molecule has 9 heteroatoms. The second-order valence-corrected chi connectivity index (χ2v) is 6.06. The molecule has 0 aliphatic carbocycles. The zero-order valence-corrected chi connectivity index (χ0v) is 11.9. The highest BCUT2D eigenvalue weighted by Crippen LogP contribution is 2.21. The SMILES string of the molecule is O=S(=O)(Nc1cccc(-c2nn[nH]n2)c1)c1ccc(F)cc1. The van der Waals surface area contributed by atoms with Crippen molar-refractivity contribution in [3.63, 3.8) is 0 Å². The second kappa shape index (κ2) is 5.53. The summed E-state index contributed by atoms with van der Waals surface area (Å²) in [5.41, 5.74) is 0.944. The van der Waals surface area contributed by atoms with E-state index in [1.807, 2.05) is 0 Å². The lowest BCUT2D eigenvalue weighted by Gasteiger charge is -2.08. The van der Waals surface area contributed by atoms with Gasteiger partial charge in [-0.3, -0.25) is 4.72 Å². The van der Waals surface area contributed by atoms with Gasteiger partial charge in [0, 0.05) is 11.3 Å². The van der Waals surface area contributed by atoms with Gasteiger partial charge in [-0.05, 0) is 41.6 Å². The van der Waals surface area contributed by atoms with Gasteiger partial charge in [-0.1, -0.05) is 12.1 Å². The second-order valence-electron chi connectivity index (χ2n) is 4.38. The van der Waals surface area contributed by atoms with E-state index in [-0.39, 0.29) is 4.90 Å². The monoisotopic (exact) mass is 319 g/mol. The highest BCUT2D eigenvalue weighted by Gasteiger charge is 2.14. The van der Waals surface area contributed by atoms with Gasteiger partial charge in [-0.25, -0.2) is 12.8 Å². The van der Waals surface area contributed by atoms with E-state index in [0.717, 1.165) is 12.1 Å². The summed E-state index contributed by atoms with van der Waals surface area (Å²) in [5, 5.41) is 13.4. The number of nitrogens with zero attached hydrogens (tertiary/aromatic N) is 3. The molecule has 0 spiro atoms. The third kappa shape index (κ3) is 2.93. The first-order chi connectivity index (χ1) is 10.5. The number of anilines is 1. The number of nitrogens with one attached hydrogen (secondary N) is 2. The summed E-state index contributed by atoms with van der Waals surface area (Å²) in [4.78, 5) is -0.0288. The summed E-state index contributed by atoms with van der Waals surface area (Å²) in [6.07, 6.45) is 0. The summed E-state index contributed by atoms with van der Waals surface area (Å²) in [6, 6.07) is 11.1. The molecule has 2 aromatic carbocycles. The minimum atomic E-state index is -3.80. The highest BCUT2D eigenvalue weighted by atomic mass is 32.2. The van der Waals surface area contributed by atoms with Crippen LogP contribution in [0.25, 0.3) is 11.4 Å². The first-order valence-electron chi connectivity index (χ1n) is 6.17. The van der Waals surface area contributed by atoms with Gasteiger partial charge in [0.2, 0.25) is 5.82 Å². The summed E-state index contributed by atoms with van der Waals surface area (Å²) in [6.45, 7) is 0. The summed E-state index contributed by atoms with van der Waals surface area (Å²) >= 11 is 0. The van der Waals surface area contributed by atoms with Crippen LogP contribution in [-0.4, -0.2) is 29.0 Å². The van der Waals surface area contributed by atoms with Gasteiger partial charge < -0.3 is 0 Å². The van der Waals surface area contributed by atoms with Gasteiger partial charge in [-0.15, -0.1) is 10.2 Å². The summed E-state index contributed by atoms with van der Waals surface area (Å²) < 4.78 is 39.7. The van der Waals surface area contributed by atoms with E-state index >= 15 is 0 Å². The molecule has 3 aromatic rings. The molecule has 112 valence electrons.